The van der Waals surface area contributed by atoms with Crippen LogP contribution in [-0.4, -0.2) is 5.11 Å². The summed E-state index contributed by atoms with van der Waals surface area (Å²) in [5.74, 6) is -1.01. The fraction of sp³-hybridized carbons (Fsp3) is 0. The first-order chi connectivity index (χ1) is 6.18. The SMILES string of the molecule is O=c1cc(F)c2c(O)cccc2o1. The minimum Gasteiger partial charge on any atom is -0.507 e. The summed E-state index contributed by atoms with van der Waals surface area (Å²) in [6.07, 6.45) is 0. The normalized spacial score (nSPS) is 10.5. The number of hydrogen-bond donors (Lipinski definition) is 1. The summed E-state index contributed by atoms with van der Waals surface area (Å²) in [7, 11) is 0. The van der Waals surface area contributed by atoms with E-state index in [0.29, 0.717) is 6.07 Å². The van der Waals surface area contributed by atoms with Gasteiger partial charge < -0.3 is 9.52 Å². The summed E-state index contributed by atoms with van der Waals surface area (Å²) in [6, 6.07) is 4.91. The lowest BCUT2D eigenvalue weighted by atomic mass is 10.2. The van der Waals surface area contributed by atoms with E-state index >= 15 is 0 Å². The zero-order chi connectivity index (χ0) is 9.42. The van der Waals surface area contributed by atoms with Crippen molar-refractivity contribution in [2.45, 2.75) is 0 Å². The van der Waals surface area contributed by atoms with Gasteiger partial charge >= 0.3 is 5.63 Å². The number of rotatable bonds is 0. The lowest BCUT2D eigenvalue weighted by molar-refractivity contribution is 0.473. The molecule has 2 rings (SSSR count). The highest BCUT2D eigenvalue weighted by atomic mass is 19.1. The molecule has 1 heterocycles. The highest BCUT2D eigenvalue weighted by Gasteiger charge is 2.08. The molecule has 1 N–H and O–H groups in total. The highest BCUT2D eigenvalue weighted by Crippen LogP contribution is 2.25. The Morgan fingerprint density at radius 2 is 2.15 bits per heavy atom. The van der Waals surface area contributed by atoms with Gasteiger partial charge in [0.2, 0.25) is 0 Å². The first kappa shape index (κ1) is 7.79. The molecule has 0 bridgehead atoms. The zero-order valence-electron chi connectivity index (χ0n) is 6.45. The molecule has 0 saturated heterocycles. The van der Waals surface area contributed by atoms with Crippen LogP contribution in [-0.2, 0) is 0 Å². The van der Waals surface area contributed by atoms with E-state index in [1.165, 1.54) is 18.2 Å². The van der Waals surface area contributed by atoms with E-state index in [0.717, 1.165) is 0 Å². The molecule has 0 aliphatic carbocycles. The Morgan fingerprint density at radius 3 is 2.92 bits per heavy atom. The molecular formula is C9H5FO3. The fourth-order valence-electron chi connectivity index (χ4n) is 1.16. The van der Waals surface area contributed by atoms with Gasteiger partial charge in [-0.25, -0.2) is 9.18 Å². The molecule has 0 fully saturated rings. The minimum absolute atomic E-state index is 0.0463. The van der Waals surface area contributed by atoms with E-state index < -0.39 is 11.4 Å². The van der Waals surface area contributed by atoms with Crippen LogP contribution in [0.1, 0.15) is 0 Å². The predicted octanol–water partition coefficient (Wildman–Crippen LogP) is 1.64. The smallest absolute Gasteiger partial charge is 0.339 e. The number of halogens is 1. The van der Waals surface area contributed by atoms with E-state index in [2.05, 4.69) is 4.42 Å². The Labute approximate surface area is 72.0 Å². The van der Waals surface area contributed by atoms with Gasteiger partial charge in [0.25, 0.3) is 0 Å². The third kappa shape index (κ3) is 1.16. The van der Waals surface area contributed by atoms with Crippen LogP contribution >= 0.6 is 0 Å². The number of phenolic OH excluding ortho intramolecular Hbond substituents is 1. The van der Waals surface area contributed by atoms with Crippen LogP contribution in [0.4, 0.5) is 4.39 Å². The Morgan fingerprint density at radius 1 is 1.38 bits per heavy atom. The van der Waals surface area contributed by atoms with Crippen LogP contribution in [0.2, 0.25) is 0 Å². The van der Waals surface area contributed by atoms with Crippen molar-refractivity contribution in [2.75, 3.05) is 0 Å². The average Bonchev–Trinajstić information content (AvgIpc) is 2.02. The molecule has 0 spiro atoms. The van der Waals surface area contributed by atoms with E-state index in [4.69, 9.17) is 0 Å². The van der Waals surface area contributed by atoms with Gasteiger partial charge in [0.05, 0.1) is 11.5 Å². The van der Waals surface area contributed by atoms with Crippen molar-refractivity contribution in [3.05, 3.63) is 40.5 Å². The number of hydrogen-bond acceptors (Lipinski definition) is 3. The Bertz CT molecular complexity index is 516. The van der Waals surface area contributed by atoms with Gasteiger partial charge in [-0.15, -0.1) is 0 Å². The van der Waals surface area contributed by atoms with Gasteiger partial charge in [-0.05, 0) is 12.1 Å². The van der Waals surface area contributed by atoms with Gasteiger partial charge in [-0.2, -0.15) is 0 Å². The molecule has 0 unspecified atom stereocenters. The van der Waals surface area contributed by atoms with Gasteiger partial charge in [0, 0.05) is 0 Å². The Hall–Kier alpha value is -1.84. The molecular weight excluding hydrogens is 175 g/mol. The van der Waals surface area contributed by atoms with E-state index in [-0.39, 0.29) is 16.7 Å². The molecule has 0 atom stereocenters. The lowest BCUT2D eigenvalue weighted by Crippen LogP contribution is -1.98. The maximum Gasteiger partial charge on any atom is 0.339 e. The molecule has 1 aromatic carbocycles. The Balaban J connectivity index is 3.03. The van der Waals surface area contributed by atoms with Crippen molar-refractivity contribution in [2.24, 2.45) is 0 Å². The maximum absolute atomic E-state index is 13.1. The number of aromatic hydroxyl groups is 1. The van der Waals surface area contributed by atoms with Gasteiger partial charge in [0.1, 0.15) is 17.1 Å². The van der Waals surface area contributed by atoms with Crippen molar-refractivity contribution < 1.29 is 13.9 Å². The van der Waals surface area contributed by atoms with Crippen LogP contribution in [0, 0.1) is 5.82 Å². The van der Waals surface area contributed by atoms with Gasteiger partial charge in [-0.1, -0.05) is 6.07 Å². The molecule has 0 aliphatic rings. The van der Waals surface area contributed by atoms with Crippen molar-refractivity contribution in [3.8, 4) is 5.75 Å². The highest BCUT2D eigenvalue weighted by molar-refractivity contribution is 5.83. The first-order valence-corrected chi connectivity index (χ1v) is 3.60. The van der Waals surface area contributed by atoms with Crippen molar-refractivity contribution in [1.29, 1.82) is 0 Å². The molecule has 3 nitrogen and oxygen atoms in total. The Kier molecular flexibility index (Phi) is 1.55. The fourth-order valence-corrected chi connectivity index (χ4v) is 1.16. The second-order valence-electron chi connectivity index (χ2n) is 2.56. The third-order valence-corrected chi connectivity index (χ3v) is 1.70. The monoisotopic (exact) mass is 180 g/mol. The molecule has 66 valence electrons. The summed E-state index contributed by atoms with van der Waals surface area (Å²) >= 11 is 0. The van der Waals surface area contributed by atoms with Gasteiger partial charge in [0.15, 0.2) is 0 Å². The lowest BCUT2D eigenvalue weighted by Gasteiger charge is -1.98. The molecule has 1 aromatic heterocycles. The molecule has 0 saturated carbocycles. The van der Waals surface area contributed by atoms with Crippen LogP contribution in [0.5, 0.6) is 5.75 Å². The minimum atomic E-state index is -0.774. The molecule has 0 radical (unpaired) electrons. The summed E-state index contributed by atoms with van der Waals surface area (Å²) in [4.78, 5) is 10.7. The average molecular weight is 180 g/mol. The van der Waals surface area contributed by atoms with Gasteiger partial charge in [-0.3, -0.25) is 0 Å². The van der Waals surface area contributed by atoms with Crippen molar-refractivity contribution >= 4 is 11.0 Å². The number of benzene rings is 1. The van der Waals surface area contributed by atoms with Crippen molar-refractivity contribution in [3.63, 3.8) is 0 Å². The summed E-state index contributed by atoms with van der Waals surface area (Å²) < 4.78 is 17.8. The van der Waals surface area contributed by atoms with E-state index in [9.17, 15) is 14.3 Å². The summed E-state index contributed by atoms with van der Waals surface area (Å²) in [5.41, 5.74) is -0.722. The summed E-state index contributed by atoms with van der Waals surface area (Å²) in [6.45, 7) is 0. The molecule has 2 aromatic rings. The third-order valence-electron chi connectivity index (χ3n) is 1.70. The number of phenols is 1. The van der Waals surface area contributed by atoms with Crippen LogP contribution in [0.15, 0.2) is 33.5 Å². The van der Waals surface area contributed by atoms with Crippen molar-refractivity contribution in [1.82, 2.24) is 0 Å². The quantitative estimate of drug-likeness (QED) is 0.627. The van der Waals surface area contributed by atoms with E-state index in [1.54, 1.807) is 0 Å². The molecule has 4 heteroatoms. The maximum atomic E-state index is 13.1. The van der Waals surface area contributed by atoms with Crippen LogP contribution < -0.4 is 5.63 Å². The second kappa shape index (κ2) is 2.58. The first-order valence-electron chi connectivity index (χ1n) is 3.60. The van der Waals surface area contributed by atoms with Crippen LogP contribution in [0.3, 0.4) is 0 Å². The topological polar surface area (TPSA) is 50.4 Å². The molecule has 0 aliphatic heterocycles. The molecule has 0 amide bonds. The predicted molar refractivity (Wildman–Crippen MR) is 44.1 cm³/mol. The zero-order valence-corrected chi connectivity index (χ0v) is 6.45. The van der Waals surface area contributed by atoms with E-state index in [1.807, 2.05) is 0 Å². The van der Waals surface area contributed by atoms with Crippen LogP contribution in [0.25, 0.3) is 11.0 Å². The molecule has 13 heavy (non-hydrogen) atoms. The largest absolute Gasteiger partial charge is 0.507 e. The number of fused-ring (bicyclic) bond motifs is 1. The second-order valence-corrected chi connectivity index (χ2v) is 2.56. The standard InChI is InChI=1S/C9H5FO3/c10-5-4-8(12)13-7-3-1-2-6(11)9(5)7/h1-4,11H. The summed E-state index contributed by atoms with van der Waals surface area (Å²) in [5, 5.41) is 9.17.